The summed E-state index contributed by atoms with van der Waals surface area (Å²) >= 11 is 0. The minimum atomic E-state index is -4.46. The van der Waals surface area contributed by atoms with Crippen molar-refractivity contribution in [2.45, 2.75) is 26.1 Å². The molecule has 0 aromatic heterocycles. The van der Waals surface area contributed by atoms with Crippen LogP contribution in [0.25, 0.3) is 0 Å². The summed E-state index contributed by atoms with van der Waals surface area (Å²) in [6.07, 6.45) is -5.30. The molecule has 0 radical (unpaired) electrons. The van der Waals surface area contributed by atoms with Gasteiger partial charge in [-0.05, 0) is 43.7 Å². The van der Waals surface area contributed by atoms with Crippen LogP contribution in [-0.4, -0.2) is 12.0 Å². The van der Waals surface area contributed by atoms with Crippen LogP contribution < -0.4 is 10.1 Å². The Kier molecular flexibility index (Phi) is 4.93. The molecule has 1 unspecified atom stereocenters. The first-order chi connectivity index (χ1) is 10.8. The van der Waals surface area contributed by atoms with E-state index >= 15 is 0 Å². The van der Waals surface area contributed by atoms with Gasteiger partial charge in [-0.25, -0.2) is 0 Å². The van der Waals surface area contributed by atoms with Crippen molar-refractivity contribution in [2.24, 2.45) is 0 Å². The molecule has 0 saturated carbocycles. The van der Waals surface area contributed by atoms with Crippen LogP contribution in [0.5, 0.6) is 5.75 Å². The molecule has 1 atom stereocenters. The van der Waals surface area contributed by atoms with Crippen molar-refractivity contribution in [3.8, 4) is 5.75 Å². The maximum Gasteiger partial charge on any atom is 0.416 e. The summed E-state index contributed by atoms with van der Waals surface area (Å²) in [6, 6.07) is 12.4. The number of benzene rings is 2. The Morgan fingerprint density at radius 1 is 1.13 bits per heavy atom. The number of para-hydroxylation sites is 1. The SMILES string of the molecule is Cc1ccc(NC(=O)C(C)Oc2ccccc2)cc1C(F)(F)F. The van der Waals surface area contributed by atoms with Gasteiger partial charge in [0.2, 0.25) is 0 Å². The number of alkyl halides is 3. The molecule has 1 N–H and O–H groups in total. The summed E-state index contributed by atoms with van der Waals surface area (Å²) < 4.78 is 44.1. The summed E-state index contributed by atoms with van der Waals surface area (Å²) in [5, 5.41) is 2.44. The summed E-state index contributed by atoms with van der Waals surface area (Å²) in [6.45, 7) is 2.90. The fraction of sp³-hybridized carbons (Fsp3) is 0.235. The second-order valence-corrected chi connectivity index (χ2v) is 5.09. The van der Waals surface area contributed by atoms with Crippen molar-refractivity contribution in [1.82, 2.24) is 0 Å². The van der Waals surface area contributed by atoms with Gasteiger partial charge < -0.3 is 10.1 Å². The van der Waals surface area contributed by atoms with Crippen LogP contribution in [0.2, 0.25) is 0 Å². The normalized spacial score (nSPS) is 12.6. The van der Waals surface area contributed by atoms with Crippen molar-refractivity contribution in [2.75, 3.05) is 5.32 Å². The summed E-state index contributed by atoms with van der Waals surface area (Å²) in [7, 11) is 0. The third-order valence-corrected chi connectivity index (χ3v) is 3.24. The monoisotopic (exact) mass is 323 g/mol. The van der Waals surface area contributed by atoms with Crippen LogP contribution in [0, 0.1) is 6.92 Å². The smallest absolute Gasteiger partial charge is 0.416 e. The van der Waals surface area contributed by atoms with Crippen molar-refractivity contribution < 1.29 is 22.7 Å². The lowest BCUT2D eigenvalue weighted by molar-refractivity contribution is -0.138. The van der Waals surface area contributed by atoms with Crippen LogP contribution in [0.3, 0.4) is 0 Å². The van der Waals surface area contributed by atoms with E-state index in [0.717, 1.165) is 6.07 Å². The first kappa shape index (κ1) is 16.9. The quantitative estimate of drug-likeness (QED) is 0.904. The van der Waals surface area contributed by atoms with Crippen molar-refractivity contribution in [3.05, 3.63) is 59.7 Å². The molecule has 2 rings (SSSR count). The molecule has 122 valence electrons. The minimum absolute atomic E-state index is 0.0800. The van der Waals surface area contributed by atoms with Crippen LogP contribution >= 0.6 is 0 Å². The lowest BCUT2D eigenvalue weighted by atomic mass is 10.1. The molecule has 2 aromatic carbocycles. The fourth-order valence-corrected chi connectivity index (χ4v) is 2.01. The second-order valence-electron chi connectivity index (χ2n) is 5.09. The predicted octanol–water partition coefficient (Wildman–Crippen LogP) is 4.42. The molecule has 23 heavy (non-hydrogen) atoms. The Balaban J connectivity index is 2.08. The highest BCUT2D eigenvalue weighted by Crippen LogP contribution is 2.33. The Labute approximate surface area is 132 Å². The summed E-state index contributed by atoms with van der Waals surface area (Å²) in [4.78, 5) is 12.0. The number of aryl methyl sites for hydroxylation is 1. The number of anilines is 1. The molecule has 1 amide bonds. The molecule has 0 saturated heterocycles. The van der Waals surface area contributed by atoms with Crippen LogP contribution in [0.1, 0.15) is 18.1 Å². The topological polar surface area (TPSA) is 38.3 Å². The minimum Gasteiger partial charge on any atom is -0.481 e. The number of carbonyl (C=O) groups excluding carboxylic acids is 1. The Morgan fingerprint density at radius 3 is 2.39 bits per heavy atom. The molecule has 0 aliphatic heterocycles. The molecular weight excluding hydrogens is 307 g/mol. The fourth-order valence-electron chi connectivity index (χ4n) is 2.01. The molecule has 2 aromatic rings. The van der Waals surface area contributed by atoms with Gasteiger partial charge in [0.25, 0.3) is 5.91 Å². The van der Waals surface area contributed by atoms with Crippen molar-refractivity contribution in [1.29, 1.82) is 0 Å². The maximum atomic E-state index is 12.9. The van der Waals surface area contributed by atoms with Gasteiger partial charge in [0.1, 0.15) is 5.75 Å². The van der Waals surface area contributed by atoms with Crippen molar-refractivity contribution >= 4 is 11.6 Å². The van der Waals surface area contributed by atoms with Gasteiger partial charge in [-0.15, -0.1) is 0 Å². The summed E-state index contributed by atoms with van der Waals surface area (Å²) in [5.74, 6) is -0.0131. The molecule has 0 fully saturated rings. The van der Waals surface area contributed by atoms with E-state index < -0.39 is 23.8 Å². The van der Waals surface area contributed by atoms with Gasteiger partial charge in [-0.1, -0.05) is 24.3 Å². The number of carbonyl (C=O) groups is 1. The molecule has 0 aliphatic carbocycles. The zero-order valence-corrected chi connectivity index (χ0v) is 12.6. The highest BCUT2D eigenvalue weighted by molar-refractivity contribution is 5.94. The average Bonchev–Trinajstić information content (AvgIpc) is 2.49. The first-order valence-electron chi connectivity index (χ1n) is 6.98. The van der Waals surface area contributed by atoms with E-state index in [2.05, 4.69) is 5.32 Å². The Morgan fingerprint density at radius 2 is 1.78 bits per heavy atom. The van der Waals surface area contributed by atoms with E-state index in [9.17, 15) is 18.0 Å². The van der Waals surface area contributed by atoms with Gasteiger partial charge in [0, 0.05) is 5.69 Å². The number of amides is 1. The van der Waals surface area contributed by atoms with Gasteiger partial charge >= 0.3 is 6.18 Å². The lowest BCUT2D eigenvalue weighted by Crippen LogP contribution is -2.30. The van der Waals surface area contributed by atoms with Crippen molar-refractivity contribution in [3.63, 3.8) is 0 Å². The van der Waals surface area contributed by atoms with E-state index in [4.69, 9.17) is 4.74 Å². The highest BCUT2D eigenvalue weighted by atomic mass is 19.4. The molecule has 0 aliphatic rings. The predicted molar refractivity (Wildman–Crippen MR) is 81.3 cm³/mol. The van der Waals surface area contributed by atoms with E-state index in [-0.39, 0.29) is 11.3 Å². The van der Waals surface area contributed by atoms with Gasteiger partial charge in [0.05, 0.1) is 5.56 Å². The van der Waals surface area contributed by atoms with Gasteiger partial charge in [-0.3, -0.25) is 4.79 Å². The number of halogens is 3. The van der Waals surface area contributed by atoms with E-state index in [1.54, 1.807) is 24.3 Å². The second kappa shape index (κ2) is 6.73. The number of nitrogens with one attached hydrogen (secondary N) is 1. The third kappa shape index (κ3) is 4.48. The largest absolute Gasteiger partial charge is 0.481 e. The maximum absolute atomic E-state index is 12.9. The number of hydrogen-bond donors (Lipinski definition) is 1. The standard InChI is InChI=1S/C17H16F3NO2/c1-11-8-9-13(10-15(11)17(18,19)20)21-16(22)12(2)23-14-6-4-3-5-7-14/h3-10,12H,1-2H3,(H,21,22). The zero-order chi connectivity index (χ0) is 17.0. The molecule has 0 spiro atoms. The number of rotatable bonds is 4. The molecule has 0 heterocycles. The van der Waals surface area contributed by atoms with Gasteiger partial charge in [-0.2, -0.15) is 13.2 Å². The first-order valence-corrected chi connectivity index (χ1v) is 6.98. The average molecular weight is 323 g/mol. The Hall–Kier alpha value is -2.50. The Bertz CT molecular complexity index is 684. The van der Waals surface area contributed by atoms with E-state index in [0.29, 0.717) is 5.75 Å². The molecular formula is C17H16F3NO2. The number of hydrogen-bond acceptors (Lipinski definition) is 2. The van der Waals surface area contributed by atoms with E-state index in [1.165, 1.54) is 26.0 Å². The summed E-state index contributed by atoms with van der Waals surface area (Å²) in [5.41, 5.74) is -0.590. The van der Waals surface area contributed by atoms with Crippen LogP contribution in [0.15, 0.2) is 48.5 Å². The van der Waals surface area contributed by atoms with Crippen LogP contribution in [0.4, 0.5) is 18.9 Å². The van der Waals surface area contributed by atoms with E-state index in [1.807, 2.05) is 6.07 Å². The number of ether oxygens (including phenoxy) is 1. The third-order valence-electron chi connectivity index (χ3n) is 3.24. The zero-order valence-electron chi connectivity index (χ0n) is 12.6. The molecule has 6 heteroatoms. The lowest BCUT2D eigenvalue weighted by Gasteiger charge is -2.16. The van der Waals surface area contributed by atoms with Crippen LogP contribution in [-0.2, 0) is 11.0 Å². The highest BCUT2D eigenvalue weighted by Gasteiger charge is 2.32. The molecule has 0 bridgehead atoms. The molecule has 3 nitrogen and oxygen atoms in total. The van der Waals surface area contributed by atoms with Gasteiger partial charge in [0.15, 0.2) is 6.10 Å².